The standard InChI is InChI=1S/C31H48O4/c1-26(2)21-12-15-30(7)22(28(21,5)14-13-23(26)32)10-9-20-24-19(27(3,4)34)11-16-31(24,25(33)35-8)18-17-29(20,30)6/h9,19,21-22,24,34H,10-18H2,1-8H3/t19-,21+,22-,24-,28+,29-,30-,31+/m1/s1. The predicted molar refractivity (Wildman–Crippen MR) is 137 cm³/mol. The fraction of sp³-hybridized carbons (Fsp3) is 0.871. The van der Waals surface area contributed by atoms with E-state index in [0.29, 0.717) is 24.0 Å². The van der Waals surface area contributed by atoms with E-state index in [1.807, 2.05) is 13.8 Å². The van der Waals surface area contributed by atoms with E-state index in [1.165, 1.54) is 12.7 Å². The van der Waals surface area contributed by atoms with Gasteiger partial charge in [0.25, 0.3) is 0 Å². The van der Waals surface area contributed by atoms with Crippen molar-refractivity contribution < 1.29 is 19.4 Å². The number of methoxy groups -OCH3 is 1. The van der Waals surface area contributed by atoms with Crippen molar-refractivity contribution in [2.75, 3.05) is 7.11 Å². The van der Waals surface area contributed by atoms with Gasteiger partial charge in [0.15, 0.2) is 0 Å². The third-order valence-electron chi connectivity index (χ3n) is 13.1. The maximum Gasteiger partial charge on any atom is 0.312 e. The summed E-state index contributed by atoms with van der Waals surface area (Å²) in [5.74, 6) is 1.44. The zero-order valence-corrected chi connectivity index (χ0v) is 23.4. The van der Waals surface area contributed by atoms with Crippen LogP contribution in [0.4, 0.5) is 0 Å². The number of ether oxygens (including phenoxy) is 1. The van der Waals surface area contributed by atoms with Gasteiger partial charge in [0.1, 0.15) is 5.78 Å². The second kappa shape index (κ2) is 7.45. The van der Waals surface area contributed by atoms with E-state index in [-0.39, 0.29) is 39.5 Å². The first-order chi connectivity index (χ1) is 16.1. The average molecular weight is 485 g/mol. The van der Waals surface area contributed by atoms with Crippen LogP contribution >= 0.6 is 0 Å². The van der Waals surface area contributed by atoms with Gasteiger partial charge < -0.3 is 9.84 Å². The molecule has 0 spiro atoms. The number of Topliss-reactive ketones (excluding diaryl/α,β-unsaturated/α-hetero) is 1. The summed E-state index contributed by atoms with van der Waals surface area (Å²) < 4.78 is 5.44. The van der Waals surface area contributed by atoms with Gasteiger partial charge in [-0.15, -0.1) is 0 Å². The highest BCUT2D eigenvalue weighted by atomic mass is 16.5. The van der Waals surface area contributed by atoms with Gasteiger partial charge >= 0.3 is 5.97 Å². The van der Waals surface area contributed by atoms with E-state index in [0.717, 1.165) is 51.4 Å². The van der Waals surface area contributed by atoms with Crippen LogP contribution in [0.15, 0.2) is 11.6 Å². The van der Waals surface area contributed by atoms with Gasteiger partial charge in [-0.25, -0.2) is 0 Å². The van der Waals surface area contributed by atoms with Crippen molar-refractivity contribution in [3.05, 3.63) is 11.6 Å². The quantitative estimate of drug-likeness (QED) is 0.359. The Hall–Kier alpha value is -1.16. The Balaban J connectivity index is 1.63. The van der Waals surface area contributed by atoms with Gasteiger partial charge in [0, 0.05) is 17.8 Å². The fourth-order valence-electron chi connectivity index (χ4n) is 10.9. The molecule has 196 valence electrons. The third-order valence-corrected chi connectivity index (χ3v) is 13.1. The first-order valence-corrected chi connectivity index (χ1v) is 14.1. The Morgan fingerprint density at radius 2 is 1.69 bits per heavy atom. The highest BCUT2D eigenvalue weighted by Crippen LogP contribution is 2.76. The van der Waals surface area contributed by atoms with E-state index in [4.69, 9.17) is 4.74 Å². The Morgan fingerprint density at radius 3 is 2.31 bits per heavy atom. The fourth-order valence-corrected chi connectivity index (χ4v) is 10.9. The average Bonchev–Trinajstić information content (AvgIpc) is 3.18. The third kappa shape index (κ3) is 3.01. The van der Waals surface area contributed by atoms with Crippen LogP contribution in [0.25, 0.3) is 0 Å². The van der Waals surface area contributed by atoms with Crippen LogP contribution in [0, 0.1) is 50.7 Å². The number of ketones is 1. The number of hydrogen-bond donors (Lipinski definition) is 1. The van der Waals surface area contributed by atoms with Crippen molar-refractivity contribution in [3.63, 3.8) is 0 Å². The Bertz CT molecular complexity index is 971. The molecule has 0 radical (unpaired) electrons. The van der Waals surface area contributed by atoms with Gasteiger partial charge in [-0.3, -0.25) is 9.59 Å². The Labute approximate surface area is 212 Å². The summed E-state index contributed by atoms with van der Waals surface area (Å²) in [7, 11) is 1.53. The largest absolute Gasteiger partial charge is 0.469 e. The molecule has 0 aromatic rings. The zero-order valence-electron chi connectivity index (χ0n) is 23.4. The molecule has 5 rings (SSSR count). The molecule has 4 fully saturated rings. The van der Waals surface area contributed by atoms with Crippen LogP contribution in [-0.2, 0) is 14.3 Å². The maximum atomic E-state index is 13.4. The SMILES string of the molecule is COC(=O)[C@]12CC[C@@H](C(C)(C)O)[C@@H]1C1=CC[C@@H]3[C@@]4(C)CCC(=O)C(C)(C)[C@@H]4CC[C@@]3(C)[C@]1(C)CC2. The van der Waals surface area contributed by atoms with E-state index in [1.54, 1.807) is 0 Å². The van der Waals surface area contributed by atoms with Crippen molar-refractivity contribution in [2.45, 2.75) is 112 Å². The van der Waals surface area contributed by atoms with Crippen LogP contribution in [0.2, 0.25) is 0 Å². The van der Waals surface area contributed by atoms with E-state index in [2.05, 4.69) is 40.7 Å². The molecular weight excluding hydrogens is 436 g/mol. The molecule has 35 heavy (non-hydrogen) atoms. The molecule has 0 unspecified atom stereocenters. The first-order valence-electron chi connectivity index (χ1n) is 14.1. The zero-order chi connectivity index (χ0) is 25.8. The molecule has 0 heterocycles. The van der Waals surface area contributed by atoms with Crippen LogP contribution in [0.1, 0.15) is 106 Å². The van der Waals surface area contributed by atoms with Crippen molar-refractivity contribution in [1.82, 2.24) is 0 Å². The molecule has 4 heteroatoms. The van der Waals surface area contributed by atoms with Crippen molar-refractivity contribution in [3.8, 4) is 0 Å². The van der Waals surface area contributed by atoms with Crippen molar-refractivity contribution >= 4 is 11.8 Å². The topological polar surface area (TPSA) is 63.6 Å². The van der Waals surface area contributed by atoms with Crippen LogP contribution in [0.3, 0.4) is 0 Å². The van der Waals surface area contributed by atoms with Crippen molar-refractivity contribution in [1.29, 1.82) is 0 Å². The minimum absolute atomic E-state index is 0.00841. The Morgan fingerprint density at radius 1 is 1.00 bits per heavy atom. The summed E-state index contributed by atoms with van der Waals surface area (Å²) in [6, 6.07) is 0. The lowest BCUT2D eigenvalue weighted by molar-refractivity contribution is -0.187. The summed E-state index contributed by atoms with van der Waals surface area (Å²) in [5, 5.41) is 11.3. The second-order valence-electron chi connectivity index (χ2n) is 14.9. The molecule has 5 aliphatic carbocycles. The summed E-state index contributed by atoms with van der Waals surface area (Å²) in [5.41, 5.74) is 0.106. The summed E-state index contributed by atoms with van der Waals surface area (Å²) in [6.45, 7) is 15.8. The maximum absolute atomic E-state index is 13.4. The number of hydrogen-bond acceptors (Lipinski definition) is 4. The molecule has 1 N–H and O–H groups in total. The molecule has 5 aliphatic rings. The van der Waals surface area contributed by atoms with Crippen LogP contribution in [-0.4, -0.2) is 29.6 Å². The van der Waals surface area contributed by atoms with Gasteiger partial charge in [-0.1, -0.05) is 46.3 Å². The number of allylic oxidation sites excluding steroid dienone is 2. The lowest BCUT2D eigenvalue weighted by atomic mass is 9.34. The number of carbonyl (C=O) groups excluding carboxylic acids is 2. The highest BCUT2D eigenvalue weighted by Gasteiger charge is 2.71. The van der Waals surface area contributed by atoms with Gasteiger partial charge in [-0.2, -0.15) is 0 Å². The number of aliphatic hydroxyl groups is 1. The predicted octanol–water partition coefficient (Wildman–Crippen LogP) is 6.50. The lowest BCUT2D eigenvalue weighted by Gasteiger charge is -2.70. The molecule has 0 saturated heterocycles. The smallest absolute Gasteiger partial charge is 0.312 e. The van der Waals surface area contributed by atoms with Gasteiger partial charge in [0.2, 0.25) is 0 Å². The molecule has 4 nitrogen and oxygen atoms in total. The van der Waals surface area contributed by atoms with Crippen LogP contribution in [0.5, 0.6) is 0 Å². The molecule has 0 amide bonds. The summed E-state index contributed by atoms with van der Waals surface area (Å²) in [4.78, 5) is 26.3. The van der Waals surface area contributed by atoms with E-state index in [9.17, 15) is 14.7 Å². The van der Waals surface area contributed by atoms with Gasteiger partial charge in [0.05, 0.1) is 18.1 Å². The van der Waals surface area contributed by atoms with Crippen LogP contribution < -0.4 is 0 Å². The van der Waals surface area contributed by atoms with E-state index < -0.39 is 11.0 Å². The number of fused-ring (bicyclic) bond motifs is 7. The number of esters is 1. The molecular formula is C31H48O4. The van der Waals surface area contributed by atoms with Crippen molar-refractivity contribution in [2.24, 2.45) is 50.7 Å². The first kappa shape index (κ1) is 25.5. The number of carbonyl (C=O) groups is 2. The molecule has 8 atom stereocenters. The minimum Gasteiger partial charge on any atom is -0.469 e. The summed E-state index contributed by atoms with van der Waals surface area (Å²) >= 11 is 0. The minimum atomic E-state index is -0.839. The molecule has 0 aromatic carbocycles. The Kier molecular flexibility index (Phi) is 5.43. The molecule has 0 aromatic heterocycles. The highest BCUT2D eigenvalue weighted by molar-refractivity contribution is 5.85. The normalized spacial score (nSPS) is 48.7. The lowest BCUT2D eigenvalue weighted by Crippen LogP contribution is -2.64. The molecule has 0 aliphatic heterocycles. The van der Waals surface area contributed by atoms with E-state index >= 15 is 0 Å². The molecule has 4 saturated carbocycles. The number of rotatable bonds is 2. The van der Waals surface area contributed by atoms with Gasteiger partial charge in [-0.05, 0) is 99.2 Å². The second-order valence-corrected chi connectivity index (χ2v) is 14.9. The molecule has 0 bridgehead atoms. The summed E-state index contributed by atoms with van der Waals surface area (Å²) in [6.07, 6.45) is 11.0. The monoisotopic (exact) mass is 484 g/mol.